The molecule has 0 saturated heterocycles. The fourth-order valence-corrected chi connectivity index (χ4v) is 2.64. The Bertz CT molecular complexity index is 1010. The molecule has 0 atom stereocenters. The molecule has 0 radical (unpaired) electrons. The molecule has 4 rings (SSSR count). The number of nitrogens with one attached hydrogen (secondary N) is 3. The molecule has 0 unspecified atom stereocenters. The Labute approximate surface area is 143 Å². The number of aromatic amines is 1. The molecular weight excluding hydrogens is 316 g/mol. The minimum absolute atomic E-state index is 0.258. The van der Waals surface area contributed by atoms with Gasteiger partial charge in [-0.2, -0.15) is 5.10 Å². The highest BCUT2D eigenvalue weighted by Gasteiger charge is 2.06. The van der Waals surface area contributed by atoms with E-state index in [1.165, 1.54) is 0 Å². The monoisotopic (exact) mass is 332 g/mol. The van der Waals surface area contributed by atoms with Crippen molar-refractivity contribution in [2.24, 2.45) is 0 Å². The van der Waals surface area contributed by atoms with E-state index in [-0.39, 0.29) is 6.03 Å². The van der Waals surface area contributed by atoms with Gasteiger partial charge in [-0.25, -0.2) is 14.5 Å². The number of carbonyl (C=O) groups excluding carboxylic acids is 1. The van der Waals surface area contributed by atoms with Crippen molar-refractivity contribution in [3.63, 3.8) is 0 Å². The van der Waals surface area contributed by atoms with Gasteiger partial charge in [-0.1, -0.05) is 6.07 Å². The van der Waals surface area contributed by atoms with Crippen molar-refractivity contribution in [2.75, 3.05) is 5.32 Å². The average molecular weight is 332 g/mol. The molecule has 3 aromatic heterocycles. The lowest BCUT2D eigenvalue weighted by Gasteiger charge is -2.09. The summed E-state index contributed by atoms with van der Waals surface area (Å²) in [5.74, 6) is 0.710. The fourth-order valence-electron chi connectivity index (χ4n) is 2.64. The van der Waals surface area contributed by atoms with Gasteiger partial charge in [0.15, 0.2) is 5.82 Å². The second-order valence-electron chi connectivity index (χ2n) is 5.53. The molecule has 0 spiro atoms. The number of H-pyrrole nitrogens is 1. The van der Waals surface area contributed by atoms with Crippen LogP contribution in [0, 0.1) is 0 Å². The number of anilines is 1. The Kier molecular flexibility index (Phi) is 3.88. The second kappa shape index (κ2) is 6.48. The van der Waals surface area contributed by atoms with Gasteiger partial charge in [0.25, 0.3) is 0 Å². The Morgan fingerprint density at radius 2 is 2.12 bits per heavy atom. The lowest BCUT2D eigenvalue weighted by molar-refractivity contribution is 0.252. The van der Waals surface area contributed by atoms with Crippen LogP contribution in [0.25, 0.3) is 16.7 Å². The summed E-state index contributed by atoms with van der Waals surface area (Å²) in [7, 11) is 0. The van der Waals surface area contributed by atoms with Gasteiger partial charge in [0.1, 0.15) is 0 Å². The quantitative estimate of drug-likeness (QED) is 0.537. The topological polar surface area (TPSA) is 87.6 Å². The maximum absolute atomic E-state index is 12.2. The Morgan fingerprint density at radius 1 is 1.16 bits per heavy atom. The summed E-state index contributed by atoms with van der Waals surface area (Å²) in [6.45, 7) is 0.395. The molecule has 7 heteroatoms. The lowest BCUT2D eigenvalue weighted by Crippen LogP contribution is -2.28. The standard InChI is InChI=1S/C18H16N6O/c25-18(23-16-4-1-3-15-14(16)6-9-19-15)21-12-13-5-8-20-17(11-13)24-10-2-7-22-24/h1-11,19H,12H2,(H2,21,23,25). The van der Waals surface area contributed by atoms with E-state index >= 15 is 0 Å². The number of rotatable bonds is 4. The number of hydrogen-bond donors (Lipinski definition) is 3. The van der Waals surface area contributed by atoms with Crippen molar-refractivity contribution in [2.45, 2.75) is 6.54 Å². The third-order valence-corrected chi connectivity index (χ3v) is 3.85. The van der Waals surface area contributed by atoms with Crippen molar-refractivity contribution < 1.29 is 4.79 Å². The van der Waals surface area contributed by atoms with Gasteiger partial charge in [0.2, 0.25) is 0 Å². The predicted molar refractivity (Wildman–Crippen MR) is 95.5 cm³/mol. The number of amides is 2. The number of carbonyl (C=O) groups is 1. The zero-order valence-corrected chi connectivity index (χ0v) is 13.3. The smallest absolute Gasteiger partial charge is 0.319 e. The van der Waals surface area contributed by atoms with Crippen molar-refractivity contribution >= 4 is 22.6 Å². The Morgan fingerprint density at radius 3 is 3.00 bits per heavy atom. The lowest BCUT2D eigenvalue weighted by atomic mass is 10.2. The van der Waals surface area contributed by atoms with Crippen molar-refractivity contribution in [3.05, 3.63) is 72.8 Å². The van der Waals surface area contributed by atoms with Crippen molar-refractivity contribution in [3.8, 4) is 5.82 Å². The summed E-state index contributed by atoms with van der Waals surface area (Å²) in [4.78, 5) is 19.6. The number of fused-ring (bicyclic) bond motifs is 1. The van der Waals surface area contributed by atoms with Crippen LogP contribution in [0.3, 0.4) is 0 Å². The first kappa shape index (κ1) is 14.9. The minimum Gasteiger partial charge on any atom is -0.361 e. The number of urea groups is 1. The molecule has 0 fully saturated rings. The zero-order valence-electron chi connectivity index (χ0n) is 13.3. The predicted octanol–water partition coefficient (Wildman–Crippen LogP) is 3.07. The Hall–Kier alpha value is -3.61. The van der Waals surface area contributed by atoms with E-state index in [1.807, 2.05) is 54.9 Å². The molecule has 1 aromatic carbocycles. The number of hydrogen-bond acceptors (Lipinski definition) is 3. The number of benzene rings is 1. The summed E-state index contributed by atoms with van der Waals surface area (Å²) < 4.78 is 1.68. The molecule has 0 aliphatic rings. The maximum atomic E-state index is 12.2. The third-order valence-electron chi connectivity index (χ3n) is 3.85. The summed E-state index contributed by atoms with van der Waals surface area (Å²) in [5, 5.41) is 10.9. The van der Waals surface area contributed by atoms with Crippen LogP contribution >= 0.6 is 0 Å². The van der Waals surface area contributed by atoms with Crippen LogP contribution in [-0.2, 0) is 6.54 Å². The molecular formula is C18H16N6O. The van der Waals surface area contributed by atoms with Crippen molar-refractivity contribution in [1.29, 1.82) is 0 Å². The van der Waals surface area contributed by atoms with E-state index in [2.05, 4.69) is 25.7 Å². The highest BCUT2D eigenvalue weighted by atomic mass is 16.2. The zero-order chi connectivity index (χ0) is 17.1. The molecule has 4 aromatic rings. The summed E-state index contributed by atoms with van der Waals surface area (Å²) in [5.41, 5.74) is 2.69. The van der Waals surface area contributed by atoms with Gasteiger partial charge in [0.05, 0.1) is 5.69 Å². The molecule has 0 bridgehead atoms. The van der Waals surface area contributed by atoms with Gasteiger partial charge in [-0.3, -0.25) is 0 Å². The molecule has 2 amide bonds. The SMILES string of the molecule is O=C(NCc1ccnc(-n2cccn2)c1)Nc1cccc2[nH]ccc12. The maximum Gasteiger partial charge on any atom is 0.319 e. The van der Waals surface area contributed by atoms with Gasteiger partial charge in [-0.05, 0) is 42.0 Å². The van der Waals surface area contributed by atoms with Gasteiger partial charge in [-0.15, -0.1) is 0 Å². The molecule has 3 N–H and O–H groups in total. The normalized spacial score (nSPS) is 10.7. The second-order valence-corrected chi connectivity index (χ2v) is 5.53. The van der Waals surface area contributed by atoms with E-state index in [1.54, 1.807) is 17.1 Å². The molecule has 25 heavy (non-hydrogen) atoms. The first-order valence-corrected chi connectivity index (χ1v) is 7.85. The summed E-state index contributed by atoms with van der Waals surface area (Å²) in [6, 6.07) is 13.0. The minimum atomic E-state index is -0.258. The Balaban J connectivity index is 1.42. The van der Waals surface area contributed by atoms with Crippen LogP contribution in [-0.4, -0.2) is 25.8 Å². The number of nitrogens with zero attached hydrogens (tertiary/aromatic N) is 3. The third kappa shape index (κ3) is 3.20. The van der Waals surface area contributed by atoms with Crippen LogP contribution < -0.4 is 10.6 Å². The highest BCUT2D eigenvalue weighted by Crippen LogP contribution is 2.21. The highest BCUT2D eigenvalue weighted by molar-refractivity contribution is 6.00. The average Bonchev–Trinajstić information content (AvgIpc) is 3.32. The number of pyridine rings is 1. The van der Waals surface area contributed by atoms with Crippen LogP contribution in [0.2, 0.25) is 0 Å². The first-order valence-electron chi connectivity index (χ1n) is 7.85. The molecule has 0 aliphatic heterocycles. The fraction of sp³-hybridized carbons (Fsp3) is 0.0556. The largest absolute Gasteiger partial charge is 0.361 e. The molecule has 0 saturated carbocycles. The molecule has 7 nitrogen and oxygen atoms in total. The van der Waals surface area contributed by atoms with Gasteiger partial charge in [0, 0.05) is 42.2 Å². The molecule has 124 valence electrons. The van der Waals surface area contributed by atoms with E-state index in [0.29, 0.717) is 12.4 Å². The van der Waals surface area contributed by atoms with Crippen LogP contribution in [0.4, 0.5) is 10.5 Å². The van der Waals surface area contributed by atoms with E-state index in [0.717, 1.165) is 22.2 Å². The molecule has 3 heterocycles. The van der Waals surface area contributed by atoms with E-state index in [9.17, 15) is 4.79 Å². The number of aromatic nitrogens is 4. The summed E-state index contributed by atoms with van der Waals surface area (Å²) in [6.07, 6.45) is 7.07. The van der Waals surface area contributed by atoms with Gasteiger partial charge >= 0.3 is 6.03 Å². The van der Waals surface area contributed by atoms with Crippen LogP contribution in [0.1, 0.15) is 5.56 Å². The van der Waals surface area contributed by atoms with E-state index in [4.69, 9.17) is 0 Å². The van der Waals surface area contributed by atoms with E-state index < -0.39 is 0 Å². The first-order chi connectivity index (χ1) is 12.3. The van der Waals surface area contributed by atoms with Crippen LogP contribution in [0.15, 0.2) is 67.3 Å². The summed E-state index contributed by atoms with van der Waals surface area (Å²) >= 11 is 0. The van der Waals surface area contributed by atoms with Gasteiger partial charge < -0.3 is 15.6 Å². The van der Waals surface area contributed by atoms with Crippen LogP contribution in [0.5, 0.6) is 0 Å². The van der Waals surface area contributed by atoms with Crippen molar-refractivity contribution in [1.82, 2.24) is 25.1 Å². The molecule has 0 aliphatic carbocycles.